The van der Waals surface area contributed by atoms with Crippen molar-refractivity contribution >= 4 is 5.91 Å². The van der Waals surface area contributed by atoms with Gasteiger partial charge >= 0.3 is 0 Å². The Bertz CT molecular complexity index is 1150. The number of rotatable bonds is 6. The Morgan fingerprint density at radius 3 is 2.53 bits per heavy atom. The molecule has 150 valence electrons. The average Bonchev–Trinajstić information content (AvgIpc) is 3.29. The van der Waals surface area contributed by atoms with Crippen LogP contribution in [0.2, 0.25) is 0 Å². The van der Waals surface area contributed by atoms with E-state index in [1.165, 1.54) is 24.3 Å². The van der Waals surface area contributed by atoms with E-state index in [4.69, 9.17) is 4.74 Å². The molecule has 0 aliphatic heterocycles. The van der Waals surface area contributed by atoms with Gasteiger partial charge in [0.2, 0.25) is 0 Å². The summed E-state index contributed by atoms with van der Waals surface area (Å²) in [5.41, 5.74) is 4.22. The minimum atomic E-state index is -0.366. The lowest BCUT2D eigenvalue weighted by atomic mass is 10.1. The molecule has 1 heterocycles. The second kappa shape index (κ2) is 8.61. The number of carbonyl (C=O) groups is 1. The van der Waals surface area contributed by atoms with E-state index in [9.17, 15) is 9.18 Å². The van der Waals surface area contributed by atoms with E-state index in [-0.39, 0.29) is 11.7 Å². The van der Waals surface area contributed by atoms with Crippen LogP contribution in [0.1, 0.15) is 15.9 Å². The largest absolute Gasteiger partial charge is 0.497 e. The Hall–Kier alpha value is -3.93. The van der Waals surface area contributed by atoms with Crippen LogP contribution in [0.4, 0.5) is 4.39 Å². The van der Waals surface area contributed by atoms with E-state index in [1.807, 2.05) is 48.5 Å². The van der Waals surface area contributed by atoms with Crippen LogP contribution in [-0.2, 0) is 6.54 Å². The zero-order chi connectivity index (χ0) is 20.9. The number of aromatic amines is 1. The van der Waals surface area contributed by atoms with Crippen molar-refractivity contribution in [2.75, 3.05) is 7.11 Å². The van der Waals surface area contributed by atoms with E-state index in [0.29, 0.717) is 12.1 Å². The van der Waals surface area contributed by atoms with Crippen LogP contribution in [0.5, 0.6) is 5.75 Å². The second-order valence-corrected chi connectivity index (χ2v) is 6.76. The molecule has 3 aromatic carbocycles. The molecule has 0 unspecified atom stereocenters. The third kappa shape index (κ3) is 4.38. The van der Waals surface area contributed by atoms with Gasteiger partial charge in [0.05, 0.1) is 19.0 Å². The minimum absolute atomic E-state index is 0.243. The van der Waals surface area contributed by atoms with Gasteiger partial charge in [-0.2, -0.15) is 0 Å². The fourth-order valence-electron chi connectivity index (χ4n) is 3.07. The number of halogens is 1. The van der Waals surface area contributed by atoms with Gasteiger partial charge in [0.25, 0.3) is 5.91 Å². The highest BCUT2D eigenvalue weighted by atomic mass is 19.1. The molecule has 5 nitrogen and oxygen atoms in total. The summed E-state index contributed by atoms with van der Waals surface area (Å²) >= 11 is 0. The number of nitrogens with zero attached hydrogens (tertiary/aromatic N) is 1. The predicted octanol–water partition coefficient (Wildman–Crippen LogP) is 4.82. The van der Waals surface area contributed by atoms with Crippen LogP contribution in [0, 0.1) is 5.82 Å². The van der Waals surface area contributed by atoms with Crippen LogP contribution in [0.3, 0.4) is 0 Å². The van der Waals surface area contributed by atoms with E-state index in [1.54, 1.807) is 13.3 Å². The zero-order valence-electron chi connectivity index (χ0n) is 16.4. The molecule has 0 saturated carbocycles. The van der Waals surface area contributed by atoms with Crippen molar-refractivity contribution in [2.45, 2.75) is 6.54 Å². The lowest BCUT2D eigenvalue weighted by Crippen LogP contribution is -2.22. The summed E-state index contributed by atoms with van der Waals surface area (Å²) in [7, 11) is 1.64. The monoisotopic (exact) mass is 401 g/mol. The first-order chi connectivity index (χ1) is 14.6. The zero-order valence-corrected chi connectivity index (χ0v) is 16.4. The summed E-state index contributed by atoms with van der Waals surface area (Å²) in [5, 5.41) is 2.83. The molecule has 0 aliphatic carbocycles. The molecule has 0 fully saturated rings. The number of hydrogen-bond acceptors (Lipinski definition) is 3. The molecule has 0 bridgehead atoms. The molecule has 0 saturated heterocycles. The Kier molecular flexibility index (Phi) is 5.57. The van der Waals surface area contributed by atoms with Crippen molar-refractivity contribution in [3.8, 4) is 28.4 Å². The molecule has 0 atom stereocenters. The van der Waals surface area contributed by atoms with Gasteiger partial charge in [-0.25, -0.2) is 9.37 Å². The van der Waals surface area contributed by atoms with E-state index >= 15 is 0 Å². The highest BCUT2D eigenvalue weighted by molar-refractivity contribution is 5.94. The van der Waals surface area contributed by atoms with Gasteiger partial charge in [-0.3, -0.25) is 4.79 Å². The number of hydrogen-bond donors (Lipinski definition) is 2. The third-order valence-corrected chi connectivity index (χ3v) is 4.74. The first kappa shape index (κ1) is 19.4. The van der Waals surface area contributed by atoms with Gasteiger partial charge in [-0.1, -0.05) is 36.4 Å². The van der Waals surface area contributed by atoms with Crippen LogP contribution < -0.4 is 10.1 Å². The number of imidazole rings is 1. The summed E-state index contributed by atoms with van der Waals surface area (Å²) < 4.78 is 18.2. The van der Waals surface area contributed by atoms with Gasteiger partial charge in [-0.05, 0) is 42.0 Å². The molecule has 2 N–H and O–H groups in total. The highest BCUT2D eigenvalue weighted by Crippen LogP contribution is 2.25. The molecule has 30 heavy (non-hydrogen) atoms. The van der Waals surface area contributed by atoms with Crippen molar-refractivity contribution in [2.24, 2.45) is 0 Å². The summed E-state index contributed by atoms with van der Waals surface area (Å²) in [6, 6.07) is 21.0. The van der Waals surface area contributed by atoms with Crippen LogP contribution in [-0.4, -0.2) is 23.0 Å². The molecule has 4 aromatic rings. The lowest BCUT2D eigenvalue weighted by Gasteiger charge is -2.06. The molecule has 0 spiro atoms. The second-order valence-electron chi connectivity index (χ2n) is 6.76. The van der Waals surface area contributed by atoms with E-state index < -0.39 is 0 Å². The molecule has 4 rings (SSSR count). The number of ether oxygens (including phenoxy) is 1. The summed E-state index contributed by atoms with van der Waals surface area (Å²) in [4.78, 5) is 19.9. The van der Waals surface area contributed by atoms with Crippen LogP contribution in [0.15, 0.2) is 79.0 Å². The number of H-pyrrole nitrogens is 1. The predicted molar refractivity (Wildman–Crippen MR) is 114 cm³/mol. The Morgan fingerprint density at radius 2 is 1.80 bits per heavy atom. The maximum absolute atomic E-state index is 13.0. The van der Waals surface area contributed by atoms with Crippen LogP contribution >= 0.6 is 0 Å². The summed E-state index contributed by atoms with van der Waals surface area (Å²) in [5.74, 6) is 0.938. The number of aromatic nitrogens is 2. The fraction of sp³-hybridized carbons (Fsp3) is 0.0833. The standard InChI is InChI=1S/C24H20FN3O2/c1-30-21-4-2-3-19(13-21)22-15-26-23(28-22)17-7-5-16(6-8-17)14-27-24(29)18-9-11-20(25)12-10-18/h2-13,15H,14H2,1H3,(H,26,28)(H,27,29). The van der Waals surface area contributed by atoms with Crippen molar-refractivity contribution in [3.05, 3.63) is 95.9 Å². The molecular weight excluding hydrogens is 381 g/mol. The van der Waals surface area contributed by atoms with Gasteiger partial charge in [-0.15, -0.1) is 0 Å². The topological polar surface area (TPSA) is 67.0 Å². The smallest absolute Gasteiger partial charge is 0.251 e. The first-order valence-electron chi connectivity index (χ1n) is 9.45. The number of benzene rings is 3. The molecule has 1 amide bonds. The normalized spacial score (nSPS) is 10.6. The third-order valence-electron chi connectivity index (χ3n) is 4.74. The van der Waals surface area contributed by atoms with Gasteiger partial charge < -0.3 is 15.0 Å². The lowest BCUT2D eigenvalue weighted by molar-refractivity contribution is 0.0951. The fourth-order valence-corrected chi connectivity index (χ4v) is 3.07. The number of carbonyl (C=O) groups excluding carboxylic acids is 1. The Labute approximate surface area is 173 Å². The molecule has 0 aliphatic rings. The van der Waals surface area contributed by atoms with Crippen molar-refractivity contribution < 1.29 is 13.9 Å². The van der Waals surface area contributed by atoms with E-state index in [0.717, 1.165) is 34.0 Å². The summed E-state index contributed by atoms with van der Waals surface area (Å²) in [6.07, 6.45) is 1.79. The SMILES string of the molecule is COc1cccc(-c2cnc(-c3ccc(CNC(=O)c4ccc(F)cc4)cc3)[nH]2)c1. The quantitative estimate of drug-likeness (QED) is 0.487. The van der Waals surface area contributed by atoms with E-state index in [2.05, 4.69) is 15.3 Å². The minimum Gasteiger partial charge on any atom is -0.497 e. The number of amides is 1. The maximum Gasteiger partial charge on any atom is 0.251 e. The Balaban J connectivity index is 1.42. The first-order valence-corrected chi connectivity index (χ1v) is 9.45. The number of nitrogens with one attached hydrogen (secondary N) is 2. The van der Waals surface area contributed by atoms with Crippen LogP contribution in [0.25, 0.3) is 22.6 Å². The maximum atomic E-state index is 13.0. The number of methoxy groups -OCH3 is 1. The highest BCUT2D eigenvalue weighted by Gasteiger charge is 2.08. The molecule has 6 heteroatoms. The molecule has 1 aromatic heterocycles. The molecular formula is C24H20FN3O2. The van der Waals surface area contributed by atoms with Crippen molar-refractivity contribution in [1.29, 1.82) is 0 Å². The van der Waals surface area contributed by atoms with Gasteiger partial charge in [0, 0.05) is 23.2 Å². The van der Waals surface area contributed by atoms with Gasteiger partial charge in [0.15, 0.2) is 0 Å². The van der Waals surface area contributed by atoms with Crippen molar-refractivity contribution in [3.63, 3.8) is 0 Å². The van der Waals surface area contributed by atoms with Gasteiger partial charge in [0.1, 0.15) is 17.4 Å². The molecule has 0 radical (unpaired) electrons. The Morgan fingerprint density at radius 1 is 1.03 bits per heavy atom. The average molecular weight is 401 g/mol. The van der Waals surface area contributed by atoms with Crippen molar-refractivity contribution in [1.82, 2.24) is 15.3 Å². The summed E-state index contributed by atoms with van der Waals surface area (Å²) in [6.45, 7) is 0.379.